The third-order valence-corrected chi connectivity index (χ3v) is 6.24. The molecule has 184 valence electrons. The molecular weight excluding hydrogens is 454 g/mol. The van der Waals surface area contributed by atoms with Crippen LogP contribution < -0.4 is 20.3 Å². The SMILES string of the molecule is COc1ccc(C(CC(=O)NO)N2C(=O)c3cccc(NC(C)=O)c3C2=O)cc1OC1CCCC1. The Kier molecular flexibility index (Phi) is 7.02. The highest BCUT2D eigenvalue weighted by atomic mass is 16.5. The van der Waals surface area contributed by atoms with Crippen molar-refractivity contribution in [3.8, 4) is 11.5 Å². The maximum Gasteiger partial charge on any atom is 0.264 e. The third-order valence-electron chi connectivity index (χ3n) is 6.24. The molecule has 4 rings (SSSR count). The molecule has 1 heterocycles. The molecule has 0 spiro atoms. The van der Waals surface area contributed by atoms with Crippen LogP contribution in [0.15, 0.2) is 36.4 Å². The highest BCUT2D eigenvalue weighted by Crippen LogP contribution is 2.40. The second-order valence-electron chi connectivity index (χ2n) is 8.58. The largest absolute Gasteiger partial charge is 0.493 e. The molecule has 10 nitrogen and oxygen atoms in total. The Morgan fingerprint density at radius 2 is 1.86 bits per heavy atom. The molecule has 0 radical (unpaired) electrons. The molecule has 1 unspecified atom stereocenters. The summed E-state index contributed by atoms with van der Waals surface area (Å²) in [5, 5.41) is 11.7. The van der Waals surface area contributed by atoms with Crippen molar-refractivity contribution in [3.05, 3.63) is 53.1 Å². The lowest BCUT2D eigenvalue weighted by atomic mass is 10.0. The zero-order chi connectivity index (χ0) is 25.1. The molecule has 0 saturated heterocycles. The van der Waals surface area contributed by atoms with Gasteiger partial charge in [-0.25, -0.2) is 5.48 Å². The Bertz CT molecular complexity index is 1170. The molecule has 10 heteroatoms. The number of rotatable bonds is 8. The van der Waals surface area contributed by atoms with E-state index in [1.165, 1.54) is 26.2 Å². The minimum Gasteiger partial charge on any atom is -0.493 e. The van der Waals surface area contributed by atoms with Gasteiger partial charge in [-0.3, -0.25) is 29.3 Å². The maximum absolute atomic E-state index is 13.5. The number of methoxy groups -OCH3 is 1. The molecule has 4 amide bonds. The second-order valence-corrected chi connectivity index (χ2v) is 8.58. The van der Waals surface area contributed by atoms with Crippen molar-refractivity contribution in [3.63, 3.8) is 0 Å². The van der Waals surface area contributed by atoms with Crippen LogP contribution in [0.3, 0.4) is 0 Å². The van der Waals surface area contributed by atoms with E-state index < -0.39 is 29.7 Å². The maximum atomic E-state index is 13.5. The molecule has 1 atom stereocenters. The van der Waals surface area contributed by atoms with Gasteiger partial charge in [0, 0.05) is 6.92 Å². The number of imide groups is 1. The number of benzene rings is 2. The first kappa shape index (κ1) is 24.2. The molecule has 1 fully saturated rings. The molecule has 0 bridgehead atoms. The van der Waals surface area contributed by atoms with Crippen LogP contribution in [0, 0.1) is 0 Å². The number of hydrogen-bond donors (Lipinski definition) is 3. The summed E-state index contributed by atoms with van der Waals surface area (Å²) in [5.74, 6) is -1.50. The van der Waals surface area contributed by atoms with E-state index in [0.29, 0.717) is 17.1 Å². The van der Waals surface area contributed by atoms with E-state index in [0.717, 1.165) is 30.6 Å². The normalized spacial score (nSPS) is 16.1. The van der Waals surface area contributed by atoms with Crippen LogP contribution in [0.4, 0.5) is 5.69 Å². The molecule has 2 aromatic rings. The number of nitrogens with one attached hydrogen (secondary N) is 2. The van der Waals surface area contributed by atoms with E-state index >= 15 is 0 Å². The molecule has 0 aromatic heterocycles. The zero-order valence-electron chi connectivity index (χ0n) is 19.5. The average Bonchev–Trinajstić information content (AvgIpc) is 3.44. The van der Waals surface area contributed by atoms with Gasteiger partial charge in [-0.1, -0.05) is 12.1 Å². The van der Waals surface area contributed by atoms with E-state index in [1.807, 2.05) is 0 Å². The van der Waals surface area contributed by atoms with Gasteiger partial charge in [-0.05, 0) is 55.5 Å². The minimum absolute atomic E-state index is 0.0258. The number of hydrogen-bond acceptors (Lipinski definition) is 7. The highest BCUT2D eigenvalue weighted by Gasteiger charge is 2.43. The molecule has 1 aliphatic carbocycles. The first-order chi connectivity index (χ1) is 16.8. The van der Waals surface area contributed by atoms with Gasteiger partial charge in [0.2, 0.25) is 11.8 Å². The molecule has 35 heavy (non-hydrogen) atoms. The van der Waals surface area contributed by atoms with Gasteiger partial charge in [0.25, 0.3) is 11.8 Å². The number of carbonyl (C=O) groups excluding carboxylic acids is 4. The van der Waals surface area contributed by atoms with E-state index in [1.54, 1.807) is 29.7 Å². The summed E-state index contributed by atoms with van der Waals surface area (Å²) in [6.07, 6.45) is 3.60. The standard InChI is InChI=1S/C25H27N3O7/c1-14(29)26-18-9-5-8-17-23(18)25(32)28(24(17)31)19(13-22(30)27-33)15-10-11-20(34-2)21(12-15)35-16-6-3-4-7-16/h5,8-12,16,19,33H,3-4,6-7,13H2,1-2H3,(H,26,29)(H,27,30). The molecule has 1 saturated carbocycles. The fourth-order valence-electron chi connectivity index (χ4n) is 4.64. The smallest absolute Gasteiger partial charge is 0.264 e. The summed E-state index contributed by atoms with van der Waals surface area (Å²) in [5.41, 5.74) is 2.41. The van der Waals surface area contributed by atoms with E-state index in [9.17, 15) is 19.2 Å². The van der Waals surface area contributed by atoms with Crippen LogP contribution in [0.25, 0.3) is 0 Å². The topological polar surface area (TPSA) is 134 Å². The van der Waals surface area contributed by atoms with Gasteiger partial charge in [0.15, 0.2) is 11.5 Å². The number of ether oxygens (including phenoxy) is 2. The predicted octanol–water partition coefficient (Wildman–Crippen LogP) is 3.21. The van der Waals surface area contributed by atoms with Gasteiger partial charge in [-0.2, -0.15) is 0 Å². The predicted molar refractivity (Wildman–Crippen MR) is 124 cm³/mol. The first-order valence-corrected chi connectivity index (χ1v) is 11.4. The summed E-state index contributed by atoms with van der Waals surface area (Å²) in [6, 6.07) is 8.51. The van der Waals surface area contributed by atoms with E-state index in [2.05, 4.69) is 5.32 Å². The lowest BCUT2D eigenvalue weighted by molar-refractivity contribution is -0.130. The van der Waals surface area contributed by atoms with Gasteiger partial charge in [0.1, 0.15) is 0 Å². The lowest BCUT2D eigenvalue weighted by Gasteiger charge is -2.27. The van der Waals surface area contributed by atoms with Gasteiger partial charge < -0.3 is 14.8 Å². The number of fused-ring (bicyclic) bond motifs is 1. The van der Waals surface area contributed by atoms with Crippen molar-refractivity contribution < 1.29 is 33.9 Å². The van der Waals surface area contributed by atoms with Crippen molar-refractivity contribution in [2.45, 2.75) is 51.2 Å². The molecule has 2 aromatic carbocycles. The average molecular weight is 482 g/mol. The van der Waals surface area contributed by atoms with Gasteiger partial charge in [0.05, 0.1) is 42.5 Å². The summed E-state index contributed by atoms with van der Waals surface area (Å²) < 4.78 is 11.6. The van der Waals surface area contributed by atoms with Crippen molar-refractivity contribution in [1.29, 1.82) is 0 Å². The summed E-state index contributed by atoms with van der Waals surface area (Å²) >= 11 is 0. The number of hydroxylamine groups is 1. The summed E-state index contributed by atoms with van der Waals surface area (Å²) in [7, 11) is 1.51. The van der Waals surface area contributed by atoms with Crippen LogP contribution in [0.2, 0.25) is 0 Å². The fourth-order valence-corrected chi connectivity index (χ4v) is 4.64. The molecule has 3 N–H and O–H groups in total. The van der Waals surface area contributed by atoms with Crippen LogP contribution in [-0.4, -0.2) is 46.9 Å². The molecular formula is C25H27N3O7. The number of nitrogens with zero attached hydrogens (tertiary/aromatic N) is 1. The number of carbonyl (C=O) groups is 4. The van der Waals surface area contributed by atoms with Crippen LogP contribution in [0.5, 0.6) is 11.5 Å². The Labute approximate surface area is 202 Å². The van der Waals surface area contributed by atoms with Gasteiger partial charge >= 0.3 is 0 Å². The van der Waals surface area contributed by atoms with Crippen LogP contribution >= 0.6 is 0 Å². The van der Waals surface area contributed by atoms with E-state index in [4.69, 9.17) is 14.7 Å². The minimum atomic E-state index is -1.04. The molecule has 2 aliphatic rings. The zero-order valence-corrected chi connectivity index (χ0v) is 19.5. The quantitative estimate of drug-likeness (QED) is 0.299. The van der Waals surface area contributed by atoms with Crippen molar-refractivity contribution in [1.82, 2.24) is 10.4 Å². The molecule has 1 aliphatic heterocycles. The van der Waals surface area contributed by atoms with Crippen LogP contribution in [-0.2, 0) is 9.59 Å². The summed E-state index contributed by atoms with van der Waals surface area (Å²) in [4.78, 5) is 51.7. The Balaban J connectivity index is 1.75. The number of anilines is 1. The van der Waals surface area contributed by atoms with E-state index in [-0.39, 0.29) is 29.3 Å². The number of amides is 4. The van der Waals surface area contributed by atoms with Gasteiger partial charge in [-0.15, -0.1) is 0 Å². The summed E-state index contributed by atoms with van der Waals surface area (Å²) in [6.45, 7) is 1.30. The Morgan fingerprint density at radius 3 is 2.51 bits per heavy atom. The lowest BCUT2D eigenvalue weighted by Crippen LogP contribution is -2.37. The second kappa shape index (κ2) is 10.1. The van der Waals surface area contributed by atoms with Crippen LogP contribution in [0.1, 0.15) is 71.3 Å². The first-order valence-electron chi connectivity index (χ1n) is 11.4. The Hall–Kier alpha value is -3.92. The Morgan fingerprint density at radius 1 is 1.11 bits per heavy atom. The monoisotopic (exact) mass is 481 g/mol. The van der Waals surface area contributed by atoms with Crippen molar-refractivity contribution in [2.75, 3.05) is 12.4 Å². The highest BCUT2D eigenvalue weighted by molar-refractivity contribution is 6.24. The third kappa shape index (κ3) is 4.83. The fraction of sp³-hybridized carbons (Fsp3) is 0.360. The van der Waals surface area contributed by atoms with Crippen molar-refractivity contribution in [2.24, 2.45) is 0 Å². The van der Waals surface area contributed by atoms with Crippen molar-refractivity contribution >= 4 is 29.3 Å².